The molecule has 0 aliphatic heterocycles. The number of hydrogen-bond acceptors (Lipinski definition) is 6. The summed E-state index contributed by atoms with van der Waals surface area (Å²) >= 11 is 0. The van der Waals surface area contributed by atoms with Gasteiger partial charge in [-0.25, -0.2) is 0 Å². The van der Waals surface area contributed by atoms with Crippen LogP contribution in [-0.2, 0) is 19.1 Å². The molecule has 0 N–H and O–H groups in total. The minimum absolute atomic E-state index is 0.320. The van der Waals surface area contributed by atoms with Crippen LogP contribution in [-0.4, -0.2) is 25.5 Å². The molecule has 18 heavy (non-hydrogen) atoms. The number of rotatable bonds is 8. The second-order valence-corrected chi connectivity index (χ2v) is 3.31. The summed E-state index contributed by atoms with van der Waals surface area (Å²) in [6.45, 7) is 3.83. The maximum Gasteiger partial charge on any atom is 0.296 e. The van der Waals surface area contributed by atoms with Crippen molar-refractivity contribution in [1.82, 2.24) is 0 Å². The molecule has 0 radical (unpaired) electrons. The van der Waals surface area contributed by atoms with Gasteiger partial charge < -0.3 is 18.9 Å². The summed E-state index contributed by atoms with van der Waals surface area (Å²) in [6, 6.07) is 6.59. The molecule has 0 aliphatic rings. The van der Waals surface area contributed by atoms with Gasteiger partial charge in [-0.05, 0) is 24.3 Å². The predicted octanol–water partition coefficient (Wildman–Crippen LogP) is 1.48. The molecule has 0 aromatic heterocycles. The third kappa shape index (κ3) is 4.73. The highest BCUT2D eigenvalue weighted by atomic mass is 16.7. The molecule has 1 aromatic rings. The number of carbonyl (C=O) groups excluding carboxylic acids is 2. The molecule has 0 spiro atoms. The lowest BCUT2D eigenvalue weighted by atomic mass is 10.3. The van der Waals surface area contributed by atoms with E-state index in [1.165, 1.54) is 0 Å². The lowest BCUT2D eigenvalue weighted by Crippen LogP contribution is -2.16. The van der Waals surface area contributed by atoms with Crippen LogP contribution < -0.4 is 9.47 Å². The second kappa shape index (κ2) is 7.16. The Kier molecular flexibility index (Phi) is 5.50. The Morgan fingerprint density at radius 3 is 1.44 bits per heavy atom. The molecule has 0 bridgehead atoms. The zero-order valence-corrected chi connectivity index (χ0v) is 10.1. The average Bonchev–Trinajstić information content (AvgIpc) is 2.32. The van der Waals surface area contributed by atoms with E-state index in [2.05, 4.69) is 9.47 Å². The lowest BCUT2D eigenvalue weighted by Gasteiger charge is -2.14. The summed E-state index contributed by atoms with van der Waals surface area (Å²) < 4.78 is 19.7. The van der Waals surface area contributed by atoms with Crippen molar-refractivity contribution in [3.05, 3.63) is 24.3 Å². The average molecular weight is 254 g/mol. The number of ether oxygens (including phenoxy) is 4. The minimum atomic E-state index is -0.661. The summed E-state index contributed by atoms with van der Waals surface area (Å²) in [4.78, 5) is 20.2. The summed E-state index contributed by atoms with van der Waals surface area (Å²) in [5.41, 5.74) is 0. The molecule has 0 amide bonds. The lowest BCUT2D eigenvalue weighted by molar-refractivity contribution is -0.146. The van der Waals surface area contributed by atoms with Crippen LogP contribution in [0.25, 0.3) is 0 Å². The van der Waals surface area contributed by atoms with Crippen molar-refractivity contribution in [2.24, 2.45) is 0 Å². The third-order valence-corrected chi connectivity index (χ3v) is 1.92. The van der Waals surface area contributed by atoms with E-state index in [1.807, 2.05) is 0 Å². The van der Waals surface area contributed by atoms with Gasteiger partial charge in [-0.15, -0.1) is 0 Å². The normalized spacial score (nSPS) is 13.0. The topological polar surface area (TPSA) is 71.1 Å². The van der Waals surface area contributed by atoms with Gasteiger partial charge in [-0.1, -0.05) is 0 Å². The SMILES string of the molecule is CC(OC=O)Oc1ccc(OC(C)OC=O)cc1. The van der Waals surface area contributed by atoms with Gasteiger partial charge in [-0.3, -0.25) is 9.59 Å². The highest BCUT2D eigenvalue weighted by Crippen LogP contribution is 2.19. The van der Waals surface area contributed by atoms with Gasteiger partial charge in [0, 0.05) is 13.8 Å². The van der Waals surface area contributed by atoms with E-state index in [-0.39, 0.29) is 0 Å². The number of hydrogen-bond donors (Lipinski definition) is 0. The van der Waals surface area contributed by atoms with E-state index in [0.717, 1.165) is 0 Å². The molecule has 0 saturated heterocycles. The van der Waals surface area contributed by atoms with E-state index in [0.29, 0.717) is 24.4 Å². The monoisotopic (exact) mass is 254 g/mol. The van der Waals surface area contributed by atoms with Crippen molar-refractivity contribution in [3.8, 4) is 11.5 Å². The van der Waals surface area contributed by atoms with Gasteiger partial charge in [0.05, 0.1) is 0 Å². The van der Waals surface area contributed by atoms with Crippen LogP contribution in [0.2, 0.25) is 0 Å². The minimum Gasteiger partial charge on any atom is -0.455 e. The zero-order chi connectivity index (χ0) is 13.4. The van der Waals surface area contributed by atoms with E-state index < -0.39 is 12.6 Å². The molecule has 1 aromatic carbocycles. The fourth-order valence-corrected chi connectivity index (χ4v) is 1.19. The van der Waals surface area contributed by atoms with E-state index >= 15 is 0 Å². The third-order valence-electron chi connectivity index (χ3n) is 1.92. The van der Waals surface area contributed by atoms with Crippen LogP contribution >= 0.6 is 0 Å². The molecule has 0 aliphatic carbocycles. The molecule has 6 heteroatoms. The molecular weight excluding hydrogens is 240 g/mol. The van der Waals surface area contributed by atoms with Crippen molar-refractivity contribution in [2.75, 3.05) is 0 Å². The molecule has 1 rings (SSSR count). The van der Waals surface area contributed by atoms with E-state index in [4.69, 9.17) is 9.47 Å². The fraction of sp³-hybridized carbons (Fsp3) is 0.333. The van der Waals surface area contributed by atoms with E-state index in [1.54, 1.807) is 38.1 Å². The summed E-state index contributed by atoms with van der Waals surface area (Å²) in [5, 5.41) is 0. The van der Waals surface area contributed by atoms with Crippen LogP contribution in [0.1, 0.15) is 13.8 Å². The maximum atomic E-state index is 10.1. The Morgan fingerprint density at radius 1 is 0.833 bits per heavy atom. The van der Waals surface area contributed by atoms with E-state index in [9.17, 15) is 9.59 Å². The maximum absolute atomic E-state index is 10.1. The Balaban J connectivity index is 2.51. The highest BCUT2D eigenvalue weighted by molar-refractivity contribution is 5.38. The first-order chi connectivity index (χ1) is 8.65. The van der Waals surface area contributed by atoms with Gasteiger partial charge in [0.2, 0.25) is 12.6 Å². The van der Waals surface area contributed by atoms with Crippen molar-refractivity contribution >= 4 is 12.9 Å². The van der Waals surface area contributed by atoms with Crippen molar-refractivity contribution < 1.29 is 28.5 Å². The zero-order valence-electron chi connectivity index (χ0n) is 10.1. The summed E-state index contributed by atoms with van der Waals surface area (Å²) in [6.07, 6.45) is -1.32. The van der Waals surface area contributed by atoms with Crippen molar-refractivity contribution in [1.29, 1.82) is 0 Å². The molecule has 6 nitrogen and oxygen atoms in total. The number of carbonyl (C=O) groups is 2. The molecule has 2 atom stereocenters. The van der Waals surface area contributed by atoms with Crippen LogP contribution in [0, 0.1) is 0 Å². The largest absolute Gasteiger partial charge is 0.455 e. The first kappa shape index (κ1) is 13.8. The summed E-state index contributed by atoms with van der Waals surface area (Å²) in [5.74, 6) is 1.06. The molecule has 0 fully saturated rings. The Bertz CT molecular complexity index is 338. The quantitative estimate of drug-likeness (QED) is 0.517. The molecule has 98 valence electrons. The molecule has 0 saturated carbocycles. The van der Waals surface area contributed by atoms with Gasteiger partial charge in [0.25, 0.3) is 12.9 Å². The standard InChI is InChI=1S/C12H14O6/c1-9(15-7-13)17-11-3-5-12(6-4-11)18-10(2)16-8-14/h3-10H,1-2H3. The number of benzene rings is 1. The smallest absolute Gasteiger partial charge is 0.296 e. The van der Waals surface area contributed by atoms with Gasteiger partial charge in [0.1, 0.15) is 11.5 Å². The first-order valence-corrected chi connectivity index (χ1v) is 5.27. The highest BCUT2D eigenvalue weighted by Gasteiger charge is 2.05. The van der Waals surface area contributed by atoms with Crippen LogP contribution in [0.4, 0.5) is 0 Å². The van der Waals surface area contributed by atoms with Crippen LogP contribution in [0.5, 0.6) is 11.5 Å². The second-order valence-electron chi connectivity index (χ2n) is 3.31. The molecule has 0 heterocycles. The van der Waals surface area contributed by atoms with Crippen molar-refractivity contribution in [3.63, 3.8) is 0 Å². The molecular formula is C12H14O6. The van der Waals surface area contributed by atoms with Crippen LogP contribution in [0.3, 0.4) is 0 Å². The van der Waals surface area contributed by atoms with Gasteiger partial charge >= 0.3 is 0 Å². The fourth-order valence-electron chi connectivity index (χ4n) is 1.19. The Hall–Kier alpha value is -2.24. The molecule has 2 unspecified atom stereocenters. The predicted molar refractivity (Wildman–Crippen MR) is 60.9 cm³/mol. The van der Waals surface area contributed by atoms with Crippen molar-refractivity contribution in [2.45, 2.75) is 26.4 Å². The Labute approximate surface area is 104 Å². The van der Waals surface area contributed by atoms with Gasteiger partial charge in [0.15, 0.2) is 0 Å². The Morgan fingerprint density at radius 2 is 1.17 bits per heavy atom. The summed E-state index contributed by atoms with van der Waals surface area (Å²) in [7, 11) is 0. The first-order valence-electron chi connectivity index (χ1n) is 5.27. The van der Waals surface area contributed by atoms with Crippen LogP contribution in [0.15, 0.2) is 24.3 Å². The van der Waals surface area contributed by atoms with Gasteiger partial charge in [-0.2, -0.15) is 0 Å².